The van der Waals surface area contributed by atoms with Gasteiger partial charge in [-0.3, -0.25) is 4.90 Å². The van der Waals surface area contributed by atoms with E-state index < -0.39 is 0 Å². The zero-order chi connectivity index (χ0) is 11.9. The topological polar surface area (TPSA) is 18.5 Å². The van der Waals surface area contributed by atoms with Crippen molar-refractivity contribution in [2.75, 3.05) is 45.8 Å². The van der Waals surface area contributed by atoms with Gasteiger partial charge < -0.3 is 10.2 Å². The van der Waals surface area contributed by atoms with Crippen LogP contribution in [0.25, 0.3) is 0 Å². The second kappa shape index (κ2) is 7.34. The molecular formula is C14H29N3. The van der Waals surface area contributed by atoms with Crippen LogP contribution in [-0.2, 0) is 0 Å². The third kappa shape index (κ3) is 4.23. The smallest absolute Gasteiger partial charge is 0.0235 e. The van der Waals surface area contributed by atoms with E-state index in [-0.39, 0.29) is 0 Å². The second-order valence-corrected chi connectivity index (χ2v) is 5.55. The van der Waals surface area contributed by atoms with Crippen molar-refractivity contribution in [3.63, 3.8) is 0 Å². The molecule has 0 spiro atoms. The highest BCUT2D eigenvalue weighted by Crippen LogP contribution is 2.20. The quantitative estimate of drug-likeness (QED) is 0.710. The first-order valence-electron chi connectivity index (χ1n) is 7.57. The number of hydrogen-bond donors (Lipinski definition) is 1. The standard InChI is InChI=1S/C14H29N3/c1-2-15-8-6-9-16-12-7-14(13-16)17-10-4-3-5-11-17/h14-15H,2-13H2,1H3. The number of hydrogen-bond acceptors (Lipinski definition) is 3. The number of likely N-dealkylation sites (tertiary alicyclic amines) is 2. The number of nitrogens with zero attached hydrogens (tertiary/aromatic N) is 2. The van der Waals surface area contributed by atoms with Crippen molar-refractivity contribution in [3.8, 4) is 0 Å². The maximum atomic E-state index is 3.41. The van der Waals surface area contributed by atoms with E-state index in [1.165, 1.54) is 71.4 Å². The summed E-state index contributed by atoms with van der Waals surface area (Å²) in [7, 11) is 0. The Balaban J connectivity index is 1.61. The van der Waals surface area contributed by atoms with Gasteiger partial charge in [-0.15, -0.1) is 0 Å². The molecule has 100 valence electrons. The van der Waals surface area contributed by atoms with Crippen LogP contribution in [0.1, 0.15) is 39.0 Å². The SMILES string of the molecule is CCNCCCN1CCC(N2CCCCC2)C1. The average Bonchev–Trinajstić information content (AvgIpc) is 2.85. The van der Waals surface area contributed by atoms with Crippen molar-refractivity contribution in [3.05, 3.63) is 0 Å². The van der Waals surface area contributed by atoms with E-state index >= 15 is 0 Å². The van der Waals surface area contributed by atoms with Crippen molar-refractivity contribution in [2.24, 2.45) is 0 Å². The Morgan fingerprint density at radius 3 is 2.71 bits per heavy atom. The second-order valence-electron chi connectivity index (χ2n) is 5.55. The van der Waals surface area contributed by atoms with Crippen molar-refractivity contribution in [1.29, 1.82) is 0 Å². The first kappa shape index (κ1) is 13.3. The molecule has 0 radical (unpaired) electrons. The fourth-order valence-corrected chi connectivity index (χ4v) is 3.20. The van der Waals surface area contributed by atoms with Gasteiger partial charge in [-0.2, -0.15) is 0 Å². The maximum absolute atomic E-state index is 3.41. The summed E-state index contributed by atoms with van der Waals surface area (Å²) in [5.74, 6) is 0. The normalized spacial score (nSPS) is 27.7. The average molecular weight is 239 g/mol. The molecule has 0 aromatic rings. The molecule has 0 bridgehead atoms. The van der Waals surface area contributed by atoms with Gasteiger partial charge in [0, 0.05) is 12.6 Å². The Morgan fingerprint density at radius 1 is 1.12 bits per heavy atom. The summed E-state index contributed by atoms with van der Waals surface area (Å²) in [4.78, 5) is 5.41. The van der Waals surface area contributed by atoms with Crippen molar-refractivity contribution in [2.45, 2.75) is 45.1 Å². The molecule has 2 fully saturated rings. The van der Waals surface area contributed by atoms with Crippen LogP contribution in [-0.4, -0.2) is 61.7 Å². The zero-order valence-electron chi connectivity index (χ0n) is 11.5. The molecule has 0 aromatic heterocycles. The van der Waals surface area contributed by atoms with Crippen LogP contribution >= 0.6 is 0 Å². The summed E-state index contributed by atoms with van der Waals surface area (Å²) in [6.07, 6.45) is 7.02. The molecule has 2 saturated heterocycles. The fourth-order valence-electron chi connectivity index (χ4n) is 3.20. The van der Waals surface area contributed by atoms with Crippen molar-refractivity contribution in [1.82, 2.24) is 15.1 Å². The lowest BCUT2D eigenvalue weighted by Crippen LogP contribution is -2.41. The molecular weight excluding hydrogens is 210 g/mol. The molecule has 3 heteroatoms. The highest BCUT2D eigenvalue weighted by atomic mass is 15.3. The van der Waals surface area contributed by atoms with E-state index in [2.05, 4.69) is 22.0 Å². The monoisotopic (exact) mass is 239 g/mol. The largest absolute Gasteiger partial charge is 0.317 e. The minimum Gasteiger partial charge on any atom is -0.317 e. The molecule has 0 saturated carbocycles. The van der Waals surface area contributed by atoms with Gasteiger partial charge in [-0.05, 0) is 65.0 Å². The lowest BCUT2D eigenvalue weighted by molar-refractivity contribution is 0.162. The van der Waals surface area contributed by atoms with Gasteiger partial charge in [-0.25, -0.2) is 0 Å². The van der Waals surface area contributed by atoms with Gasteiger partial charge >= 0.3 is 0 Å². The molecule has 0 aliphatic carbocycles. The van der Waals surface area contributed by atoms with Gasteiger partial charge in [0.25, 0.3) is 0 Å². The van der Waals surface area contributed by atoms with Gasteiger partial charge in [0.1, 0.15) is 0 Å². The van der Waals surface area contributed by atoms with Crippen LogP contribution in [0.3, 0.4) is 0 Å². The molecule has 1 atom stereocenters. The number of piperidine rings is 1. The maximum Gasteiger partial charge on any atom is 0.0235 e. The van der Waals surface area contributed by atoms with Crippen LogP contribution in [0.2, 0.25) is 0 Å². The van der Waals surface area contributed by atoms with Gasteiger partial charge in [0.05, 0.1) is 0 Å². The predicted octanol–water partition coefficient (Wildman–Crippen LogP) is 1.55. The minimum atomic E-state index is 0.870. The van der Waals surface area contributed by atoms with E-state index in [0.29, 0.717) is 0 Å². The van der Waals surface area contributed by atoms with Crippen molar-refractivity contribution < 1.29 is 0 Å². The van der Waals surface area contributed by atoms with Gasteiger partial charge in [0.15, 0.2) is 0 Å². The summed E-state index contributed by atoms with van der Waals surface area (Å²) < 4.78 is 0. The molecule has 0 amide bonds. The molecule has 1 N–H and O–H groups in total. The molecule has 17 heavy (non-hydrogen) atoms. The molecule has 2 aliphatic heterocycles. The van der Waals surface area contributed by atoms with Crippen LogP contribution in [0.4, 0.5) is 0 Å². The Bertz CT molecular complexity index is 202. The van der Waals surface area contributed by atoms with Gasteiger partial charge in [0.2, 0.25) is 0 Å². The lowest BCUT2D eigenvalue weighted by Gasteiger charge is -2.32. The summed E-state index contributed by atoms with van der Waals surface area (Å²) >= 11 is 0. The molecule has 1 unspecified atom stereocenters. The molecule has 2 heterocycles. The molecule has 0 aromatic carbocycles. The van der Waals surface area contributed by atoms with Gasteiger partial charge in [-0.1, -0.05) is 13.3 Å². The third-order valence-corrected chi connectivity index (χ3v) is 4.23. The van der Waals surface area contributed by atoms with E-state index in [1.807, 2.05) is 0 Å². The summed E-state index contributed by atoms with van der Waals surface area (Å²) in [5, 5.41) is 3.41. The zero-order valence-corrected chi connectivity index (χ0v) is 11.5. The first-order valence-corrected chi connectivity index (χ1v) is 7.57. The lowest BCUT2D eigenvalue weighted by atomic mass is 10.1. The number of nitrogens with one attached hydrogen (secondary N) is 1. The van der Waals surface area contributed by atoms with E-state index in [1.54, 1.807) is 0 Å². The molecule has 3 nitrogen and oxygen atoms in total. The van der Waals surface area contributed by atoms with E-state index in [9.17, 15) is 0 Å². The first-order chi connectivity index (χ1) is 8.40. The minimum absolute atomic E-state index is 0.870. The highest BCUT2D eigenvalue weighted by molar-refractivity contribution is 4.84. The van der Waals surface area contributed by atoms with Crippen LogP contribution in [0.15, 0.2) is 0 Å². The number of rotatable bonds is 6. The summed E-state index contributed by atoms with van der Waals surface area (Å²) in [6.45, 7) is 11.1. The Morgan fingerprint density at radius 2 is 1.94 bits per heavy atom. The molecule has 2 rings (SSSR count). The predicted molar refractivity (Wildman–Crippen MR) is 73.4 cm³/mol. The van der Waals surface area contributed by atoms with Crippen LogP contribution < -0.4 is 5.32 Å². The molecule has 2 aliphatic rings. The Kier molecular flexibility index (Phi) is 5.75. The Labute approximate surface area is 107 Å². The van der Waals surface area contributed by atoms with Crippen LogP contribution in [0.5, 0.6) is 0 Å². The summed E-state index contributed by atoms with van der Waals surface area (Å²) in [6, 6.07) is 0.870. The summed E-state index contributed by atoms with van der Waals surface area (Å²) in [5.41, 5.74) is 0. The van der Waals surface area contributed by atoms with Crippen molar-refractivity contribution >= 4 is 0 Å². The Hall–Kier alpha value is -0.120. The van der Waals surface area contributed by atoms with E-state index in [4.69, 9.17) is 0 Å². The highest BCUT2D eigenvalue weighted by Gasteiger charge is 2.27. The third-order valence-electron chi connectivity index (χ3n) is 4.23. The van der Waals surface area contributed by atoms with E-state index in [0.717, 1.165) is 12.6 Å². The fraction of sp³-hybridized carbons (Fsp3) is 1.00. The van der Waals surface area contributed by atoms with Crippen LogP contribution in [0, 0.1) is 0 Å².